The first-order chi connectivity index (χ1) is 11.7. The van der Waals surface area contributed by atoms with E-state index in [1.54, 1.807) is 0 Å². The van der Waals surface area contributed by atoms with Gasteiger partial charge < -0.3 is 20.3 Å². The zero-order valence-corrected chi connectivity index (χ0v) is 13.7. The number of benzene rings is 1. The van der Waals surface area contributed by atoms with E-state index in [-0.39, 0.29) is 18.2 Å². The molecule has 0 radical (unpaired) electrons. The van der Waals surface area contributed by atoms with Gasteiger partial charge in [0.25, 0.3) is 0 Å². The number of likely N-dealkylation sites (tertiary alicyclic amines) is 1. The summed E-state index contributed by atoms with van der Waals surface area (Å²) in [5.74, 6) is 0. The molecule has 1 aromatic carbocycles. The van der Waals surface area contributed by atoms with Gasteiger partial charge >= 0.3 is 12.1 Å². The minimum absolute atomic E-state index is 0.0103. The number of fused-ring (bicyclic) bond motifs is 1. The van der Waals surface area contributed by atoms with Crippen LogP contribution in [0.5, 0.6) is 0 Å². The van der Waals surface area contributed by atoms with Gasteiger partial charge in [0.05, 0.1) is 12.6 Å². The first-order valence-corrected chi connectivity index (χ1v) is 8.75. The average molecular weight is 329 g/mol. The van der Waals surface area contributed by atoms with Crippen LogP contribution in [0.3, 0.4) is 0 Å². The molecule has 2 fully saturated rings. The largest absolute Gasteiger partial charge is 0.441 e. The lowest BCUT2D eigenvalue weighted by Gasteiger charge is -2.38. The maximum atomic E-state index is 12.6. The molecule has 0 aromatic heterocycles. The van der Waals surface area contributed by atoms with Gasteiger partial charge in [0.1, 0.15) is 5.60 Å². The van der Waals surface area contributed by atoms with Gasteiger partial charge in [-0.05, 0) is 30.4 Å². The van der Waals surface area contributed by atoms with Crippen molar-refractivity contribution in [2.24, 2.45) is 0 Å². The van der Waals surface area contributed by atoms with Crippen LogP contribution in [0.25, 0.3) is 0 Å². The number of nitrogens with one attached hydrogen (secondary N) is 2. The number of nitrogens with zero attached hydrogens (tertiary/aromatic N) is 1. The standard InChI is InChI=1S/C18H23N3O3/c22-16(20-15-7-3-5-13-4-1-2-6-14(13)15)21-10-8-18(9-11-21)12-19-17(23)24-18/h1-2,4,6,15H,3,5,7-12H2,(H,19,23)(H,20,22). The molecular formula is C18H23N3O3. The molecule has 128 valence electrons. The number of piperidine rings is 1. The van der Waals surface area contributed by atoms with Gasteiger partial charge in [0.15, 0.2) is 0 Å². The quantitative estimate of drug-likeness (QED) is 0.831. The Bertz CT molecular complexity index is 653. The summed E-state index contributed by atoms with van der Waals surface area (Å²) in [6, 6.07) is 8.46. The second-order valence-electron chi connectivity index (χ2n) is 7.01. The van der Waals surface area contributed by atoms with Crippen molar-refractivity contribution in [1.29, 1.82) is 0 Å². The molecule has 24 heavy (non-hydrogen) atoms. The molecule has 3 amide bonds. The number of ether oxygens (including phenoxy) is 1. The molecule has 0 saturated carbocycles. The Hall–Kier alpha value is -2.24. The van der Waals surface area contributed by atoms with Crippen molar-refractivity contribution < 1.29 is 14.3 Å². The molecule has 6 heteroatoms. The molecule has 1 spiro atoms. The smallest absolute Gasteiger partial charge is 0.407 e. The lowest BCUT2D eigenvalue weighted by molar-refractivity contribution is 0.00949. The molecule has 2 saturated heterocycles. The van der Waals surface area contributed by atoms with E-state index in [1.165, 1.54) is 11.1 Å². The van der Waals surface area contributed by atoms with E-state index in [1.807, 2.05) is 11.0 Å². The average Bonchev–Trinajstić information content (AvgIpc) is 2.96. The van der Waals surface area contributed by atoms with Gasteiger partial charge in [-0.2, -0.15) is 0 Å². The topological polar surface area (TPSA) is 70.7 Å². The third-order valence-electron chi connectivity index (χ3n) is 5.49. The number of carbonyl (C=O) groups is 2. The van der Waals surface area contributed by atoms with Crippen LogP contribution >= 0.6 is 0 Å². The molecule has 2 heterocycles. The van der Waals surface area contributed by atoms with Crippen molar-refractivity contribution in [3.8, 4) is 0 Å². The monoisotopic (exact) mass is 329 g/mol. The van der Waals surface area contributed by atoms with E-state index in [4.69, 9.17) is 4.74 Å². The van der Waals surface area contributed by atoms with Gasteiger partial charge in [-0.25, -0.2) is 9.59 Å². The van der Waals surface area contributed by atoms with Crippen LogP contribution in [0.1, 0.15) is 42.9 Å². The third kappa shape index (κ3) is 2.81. The fourth-order valence-corrected chi connectivity index (χ4v) is 4.04. The number of hydrogen-bond acceptors (Lipinski definition) is 3. The summed E-state index contributed by atoms with van der Waals surface area (Å²) in [5.41, 5.74) is 2.18. The highest BCUT2D eigenvalue weighted by Crippen LogP contribution is 2.31. The highest BCUT2D eigenvalue weighted by atomic mass is 16.6. The molecule has 1 unspecified atom stereocenters. The summed E-state index contributed by atoms with van der Waals surface area (Å²) >= 11 is 0. The van der Waals surface area contributed by atoms with Crippen molar-refractivity contribution in [1.82, 2.24) is 15.5 Å². The fraction of sp³-hybridized carbons (Fsp3) is 0.556. The van der Waals surface area contributed by atoms with E-state index >= 15 is 0 Å². The maximum absolute atomic E-state index is 12.6. The van der Waals surface area contributed by atoms with Crippen LogP contribution in [-0.2, 0) is 11.2 Å². The summed E-state index contributed by atoms with van der Waals surface area (Å²) in [6.45, 7) is 1.79. The molecule has 1 aliphatic carbocycles. The van der Waals surface area contributed by atoms with E-state index in [2.05, 4.69) is 28.8 Å². The number of rotatable bonds is 1. The van der Waals surface area contributed by atoms with Crippen molar-refractivity contribution in [3.05, 3.63) is 35.4 Å². The van der Waals surface area contributed by atoms with Crippen molar-refractivity contribution in [2.45, 2.75) is 43.7 Å². The number of hydrogen-bond donors (Lipinski definition) is 2. The molecule has 1 atom stereocenters. The summed E-state index contributed by atoms with van der Waals surface area (Å²) in [4.78, 5) is 25.8. The Labute approximate surface area is 141 Å². The molecule has 2 N–H and O–H groups in total. The number of alkyl carbamates (subject to hydrolysis) is 1. The Balaban J connectivity index is 1.37. The maximum Gasteiger partial charge on any atom is 0.407 e. The predicted octanol–water partition coefficient (Wildman–Crippen LogP) is 2.35. The number of amides is 3. The van der Waals surface area contributed by atoms with Crippen LogP contribution in [-0.4, -0.2) is 42.3 Å². The van der Waals surface area contributed by atoms with Crippen molar-refractivity contribution in [3.63, 3.8) is 0 Å². The predicted molar refractivity (Wildman–Crippen MR) is 88.7 cm³/mol. The van der Waals surface area contributed by atoms with Crippen LogP contribution in [0, 0.1) is 0 Å². The molecule has 0 bridgehead atoms. The summed E-state index contributed by atoms with van der Waals surface area (Å²) in [5, 5.41) is 5.92. The highest BCUT2D eigenvalue weighted by Gasteiger charge is 2.43. The van der Waals surface area contributed by atoms with Crippen molar-refractivity contribution >= 4 is 12.1 Å². The van der Waals surface area contributed by atoms with E-state index in [0.717, 1.165) is 19.3 Å². The van der Waals surface area contributed by atoms with E-state index < -0.39 is 5.60 Å². The lowest BCUT2D eigenvalue weighted by Crippen LogP contribution is -2.51. The lowest BCUT2D eigenvalue weighted by atomic mass is 9.88. The molecular weight excluding hydrogens is 306 g/mol. The number of urea groups is 1. The van der Waals surface area contributed by atoms with Crippen LogP contribution in [0.15, 0.2) is 24.3 Å². The Morgan fingerprint density at radius 2 is 2.08 bits per heavy atom. The first kappa shape index (κ1) is 15.3. The van der Waals surface area contributed by atoms with Gasteiger partial charge in [-0.15, -0.1) is 0 Å². The van der Waals surface area contributed by atoms with Gasteiger partial charge in [0, 0.05) is 25.9 Å². The van der Waals surface area contributed by atoms with Gasteiger partial charge in [-0.1, -0.05) is 24.3 Å². The van der Waals surface area contributed by atoms with Gasteiger partial charge in [-0.3, -0.25) is 0 Å². The molecule has 2 aliphatic heterocycles. The second-order valence-corrected chi connectivity index (χ2v) is 7.01. The summed E-state index contributed by atoms with van der Waals surface area (Å²) < 4.78 is 5.41. The van der Waals surface area contributed by atoms with E-state index in [0.29, 0.717) is 32.5 Å². The Kier molecular flexibility index (Phi) is 3.82. The molecule has 3 aliphatic rings. The zero-order chi connectivity index (χ0) is 16.6. The second kappa shape index (κ2) is 6.00. The highest BCUT2D eigenvalue weighted by molar-refractivity contribution is 5.75. The van der Waals surface area contributed by atoms with E-state index in [9.17, 15) is 9.59 Å². The van der Waals surface area contributed by atoms with Gasteiger partial charge in [0.2, 0.25) is 0 Å². The Morgan fingerprint density at radius 3 is 2.83 bits per heavy atom. The van der Waals surface area contributed by atoms with Crippen molar-refractivity contribution in [2.75, 3.05) is 19.6 Å². The summed E-state index contributed by atoms with van der Waals surface area (Å²) in [7, 11) is 0. The van der Waals surface area contributed by atoms with Crippen LogP contribution in [0.2, 0.25) is 0 Å². The number of carbonyl (C=O) groups excluding carboxylic acids is 2. The Morgan fingerprint density at radius 1 is 1.29 bits per heavy atom. The normalized spacial score (nSPS) is 24.9. The third-order valence-corrected chi connectivity index (χ3v) is 5.49. The molecule has 1 aromatic rings. The number of aryl methyl sites for hydroxylation is 1. The van der Waals surface area contributed by atoms with Crippen LogP contribution in [0.4, 0.5) is 9.59 Å². The first-order valence-electron chi connectivity index (χ1n) is 8.75. The zero-order valence-electron chi connectivity index (χ0n) is 13.7. The fourth-order valence-electron chi connectivity index (χ4n) is 4.04. The minimum Gasteiger partial charge on any atom is -0.441 e. The SMILES string of the molecule is O=C1NCC2(CCN(C(=O)NC3CCCc4ccccc43)CC2)O1. The summed E-state index contributed by atoms with van der Waals surface area (Å²) in [6.07, 6.45) is 4.23. The minimum atomic E-state index is -0.411. The van der Waals surface area contributed by atoms with Crippen LogP contribution < -0.4 is 10.6 Å². The molecule has 6 nitrogen and oxygen atoms in total. The molecule has 4 rings (SSSR count).